The number of benzene rings is 2. The number of rotatable bonds is 14. The van der Waals surface area contributed by atoms with Crippen LogP contribution < -0.4 is 9.47 Å². The Morgan fingerprint density at radius 3 is 1.63 bits per heavy atom. The summed E-state index contributed by atoms with van der Waals surface area (Å²) in [4.78, 5) is 11.7. The van der Waals surface area contributed by atoms with Crippen LogP contribution in [0.25, 0.3) is 0 Å². The van der Waals surface area contributed by atoms with Crippen molar-refractivity contribution in [3.05, 3.63) is 72.3 Å². The van der Waals surface area contributed by atoms with Gasteiger partial charge in [-0.1, -0.05) is 57.5 Å². The van der Waals surface area contributed by atoms with E-state index >= 15 is 0 Å². The van der Waals surface area contributed by atoms with Crippen molar-refractivity contribution in [2.45, 2.75) is 58.5 Å². The molecule has 2 aromatic rings. The van der Waals surface area contributed by atoms with Crippen molar-refractivity contribution in [1.29, 1.82) is 0 Å². The molecule has 0 atom stereocenters. The van der Waals surface area contributed by atoms with E-state index in [1.165, 1.54) is 36.8 Å². The molecular formula is C26H34O4. The second kappa shape index (κ2) is 13.5. The molecule has 0 bridgehead atoms. The minimum absolute atomic E-state index is 0.211. The first kappa shape index (κ1) is 23.5. The average Bonchev–Trinajstić information content (AvgIpc) is 2.79. The van der Waals surface area contributed by atoms with Crippen LogP contribution in [0.1, 0.15) is 50.7 Å². The lowest BCUT2D eigenvalue weighted by atomic mass is 10.1. The first-order valence-electron chi connectivity index (χ1n) is 10.9. The Morgan fingerprint density at radius 1 is 0.833 bits per heavy atom. The molecule has 0 saturated carbocycles. The SMILES string of the molecule is C=CC(=O)OC(COc1ccc(CCCC)cc1)COc1ccc(CCCC)cc1. The van der Waals surface area contributed by atoms with Gasteiger partial charge in [0.25, 0.3) is 0 Å². The van der Waals surface area contributed by atoms with Gasteiger partial charge >= 0.3 is 5.97 Å². The van der Waals surface area contributed by atoms with Gasteiger partial charge in [-0.15, -0.1) is 0 Å². The highest BCUT2D eigenvalue weighted by atomic mass is 16.6. The summed E-state index contributed by atoms with van der Waals surface area (Å²) in [6, 6.07) is 16.1. The molecule has 0 aliphatic heterocycles. The highest BCUT2D eigenvalue weighted by Crippen LogP contribution is 2.17. The van der Waals surface area contributed by atoms with Crippen molar-refractivity contribution in [2.75, 3.05) is 13.2 Å². The van der Waals surface area contributed by atoms with Gasteiger partial charge in [0.2, 0.25) is 0 Å². The summed E-state index contributed by atoms with van der Waals surface area (Å²) in [5, 5.41) is 0. The van der Waals surface area contributed by atoms with Crippen LogP contribution in [-0.2, 0) is 22.4 Å². The number of carbonyl (C=O) groups is 1. The lowest BCUT2D eigenvalue weighted by Gasteiger charge is -2.19. The number of aryl methyl sites for hydroxylation is 2. The van der Waals surface area contributed by atoms with Crippen molar-refractivity contribution in [2.24, 2.45) is 0 Å². The number of ether oxygens (including phenoxy) is 3. The number of esters is 1. The first-order valence-corrected chi connectivity index (χ1v) is 10.9. The van der Waals surface area contributed by atoms with Gasteiger partial charge in [-0.3, -0.25) is 0 Å². The van der Waals surface area contributed by atoms with Gasteiger partial charge in [0, 0.05) is 6.08 Å². The molecule has 162 valence electrons. The van der Waals surface area contributed by atoms with E-state index in [1.807, 2.05) is 24.3 Å². The van der Waals surface area contributed by atoms with Crippen LogP contribution in [0.2, 0.25) is 0 Å². The molecule has 0 heterocycles. The Labute approximate surface area is 180 Å². The van der Waals surface area contributed by atoms with E-state index in [4.69, 9.17) is 14.2 Å². The van der Waals surface area contributed by atoms with Crippen molar-refractivity contribution >= 4 is 5.97 Å². The molecule has 0 aliphatic carbocycles. The standard InChI is InChI=1S/C26H34O4/c1-4-7-9-21-11-15-23(16-12-21)28-19-25(30-26(27)6-3)20-29-24-17-13-22(14-18-24)10-8-5-2/h6,11-18,25H,3-5,7-10,19-20H2,1-2H3. The molecule has 30 heavy (non-hydrogen) atoms. The summed E-state index contributed by atoms with van der Waals surface area (Å²) in [5.41, 5.74) is 2.59. The van der Waals surface area contributed by atoms with Crippen LogP contribution in [0.3, 0.4) is 0 Å². The molecular weight excluding hydrogens is 376 g/mol. The Morgan fingerprint density at radius 2 is 1.27 bits per heavy atom. The van der Waals surface area contributed by atoms with E-state index in [2.05, 4.69) is 44.7 Å². The molecule has 0 aromatic heterocycles. The second-order valence-electron chi connectivity index (χ2n) is 7.38. The van der Waals surface area contributed by atoms with Crippen LogP contribution in [0.5, 0.6) is 11.5 Å². The molecule has 4 nitrogen and oxygen atoms in total. The third-order valence-electron chi connectivity index (χ3n) is 4.81. The zero-order chi connectivity index (χ0) is 21.6. The molecule has 0 fully saturated rings. The van der Waals surface area contributed by atoms with Gasteiger partial charge in [-0.05, 0) is 61.1 Å². The Bertz CT molecular complexity index is 694. The molecule has 0 radical (unpaired) electrons. The van der Waals surface area contributed by atoms with Gasteiger partial charge < -0.3 is 14.2 Å². The van der Waals surface area contributed by atoms with Crippen LogP contribution in [-0.4, -0.2) is 25.3 Å². The van der Waals surface area contributed by atoms with E-state index in [0.717, 1.165) is 30.4 Å². The molecule has 0 amide bonds. The predicted octanol–water partition coefficient (Wildman–Crippen LogP) is 5.93. The van der Waals surface area contributed by atoms with Crippen LogP contribution >= 0.6 is 0 Å². The molecule has 0 N–H and O–H groups in total. The topological polar surface area (TPSA) is 44.8 Å². The summed E-state index contributed by atoms with van der Waals surface area (Å²) >= 11 is 0. The van der Waals surface area contributed by atoms with E-state index in [9.17, 15) is 4.79 Å². The number of hydrogen-bond acceptors (Lipinski definition) is 4. The minimum Gasteiger partial charge on any atom is -0.490 e. The van der Waals surface area contributed by atoms with E-state index in [1.54, 1.807) is 0 Å². The quantitative estimate of drug-likeness (QED) is 0.286. The zero-order valence-electron chi connectivity index (χ0n) is 18.3. The zero-order valence-corrected chi connectivity index (χ0v) is 18.3. The number of carbonyl (C=O) groups excluding carboxylic acids is 1. The third-order valence-corrected chi connectivity index (χ3v) is 4.81. The molecule has 2 aromatic carbocycles. The van der Waals surface area contributed by atoms with Gasteiger partial charge in [-0.25, -0.2) is 4.79 Å². The van der Waals surface area contributed by atoms with Crippen molar-refractivity contribution in [3.8, 4) is 11.5 Å². The van der Waals surface area contributed by atoms with Gasteiger partial charge in [0.1, 0.15) is 24.7 Å². The highest BCUT2D eigenvalue weighted by Gasteiger charge is 2.15. The minimum atomic E-state index is -0.532. The predicted molar refractivity (Wildman–Crippen MR) is 121 cm³/mol. The Kier molecular flexibility index (Phi) is 10.6. The van der Waals surface area contributed by atoms with E-state index < -0.39 is 12.1 Å². The summed E-state index contributed by atoms with van der Waals surface area (Å²) in [5.74, 6) is 1.00. The normalized spacial score (nSPS) is 10.6. The third kappa shape index (κ3) is 8.73. The summed E-state index contributed by atoms with van der Waals surface area (Å²) < 4.78 is 17.1. The van der Waals surface area contributed by atoms with Gasteiger partial charge in [-0.2, -0.15) is 0 Å². The molecule has 2 rings (SSSR count). The fourth-order valence-electron chi connectivity index (χ4n) is 2.97. The van der Waals surface area contributed by atoms with Crippen molar-refractivity contribution in [3.63, 3.8) is 0 Å². The van der Waals surface area contributed by atoms with Gasteiger partial charge in [0.05, 0.1) is 0 Å². The maximum absolute atomic E-state index is 11.7. The van der Waals surface area contributed by atoms with E-state index in [0.29, 0.717) is 0 Å². The Hall–Kier alpha value is -2.75. The fraction of sp³-hybridized carbons (Fsp3) is 0.423. The first-order chi connectivity index (χ1) is 14.6. The summed E-state index contributed by atoms with van der Waals surface area (Å²) in [7, 11) is 0. The molecule has 0 aliphatic rings. The van der Waals surface area contributed by atoms with Gasteiger partial charge in [0.15, 0.2) is 6.10 Å². The number of hydrogen-bond donors (Lipinski definition) is 0. The largest absolute Gasteiger partial charge is 0.490 e. The maximum Gasteiger partial charge on any atom is 0.330 e. The van der Waals surface area contributed by atoms with Crippen molar-refractivity contribution in [1.82, 2.24) is 0 Å². The number of unbranched alkanes of at least 4 members (excludes halogenated alkanes) is 2. The highest BCUT2D eigenvalue weighted by molar-refractivity contribution is 5.81. The monoisotopic (exact) mass is 410 g/mol. The van der Waals surface area contributed by atoms with Crippen molar-refractivity contribution < 1.29 is 19.0 Å². The summed E-state index contributed by atoms with van der Waals surface area (Å²) in [6.07, 6.45) is 7.47. The average molecular weight is 411 g/mol. The van der Waals surface area contributed by atoms with Crippen LogP contribution in [0.15, 0.2) is 61.2 Å². The smallest absolute Gasteiger partial charge is 0.330 e. The lowest BCUT2D eigenvalue weighted by Crippen LogP contribution is -2.30. The Balaban J connectivity index is 1.88. The fourth-order valence-corrected chi connectivity index (χ4v) is 2.97. The van der Waals surface area contributed by atoms with Crippen LogP contribution in [0.4, 0.5) is 0 Å². The summed E-state index contributed by atoms with van der Waals surface area (Å²) in [6.45, 7) is 8.26. The van der Waals surface area contributed by atoms with Crippen LogP contribution in [0, 0.1) is 0 Å². The molecule has 0 saturated heterocycles. The molecule has 4 heteroatoms. The second-order valence-corrected chi connectivity index (χ2v) is 7.38. The maximum atomic E-state index is 11.7. The molecule has 0 unspecified atom stereocenters. The van der Waals surface area contributed by atoms with E-state index in [-0.39, 0.29) is 13.2 Å². The lowest BCUT2D eigenvalue weighted by molar-refractivity contribution is -0.146. The molecule has 0 spiro atoms.